The molecule has 2 aliphatic carbocycles. The fraction of sp³-hybridized carbons (Fsp3) is 0.379. The summed E-state index contributed by atoms with van der Waals surface area (Å²) in [5.74, 6) is 0.141. The standard InChI is InChI=1S/C29H31BrN6O3/c1-3-39-27-10-7-20(30)12-19(27)16-35(21-8-9-21)15-18-5-4-6-22(11-18)36-28(25(14-31-36)29(37)38)24-13-23(24)26-17-34(2)33-32-26/h4-7,10-12,14,17,21,23-24H,3,8-9,13,15-16H2,1-2H3,(H,37,38). The summed E-state index contributed by atoms with van der Waals surface area (Å²) in [5, 5.41) is 22.8. The number of ether oxygens (including phenoxy) is 1. The molecule has 2 aromatic carbocycles. The zero-order valence-corrected chi connectivity index (χ0v) is 23.6. The highest BCUT2D eigenvalue weighted by Gasteiger charge is 2.46. The van der Waals surface area contributed by atoms with Crippen molar-refractivity contribution in [3.63, 3.8) is 0 Å². The molecule has 0 radical (unpaired) electrons. The third-order valence-corrected chi connectivity index (χ3v) is 7.97. The van der Waals surface area contributed by atoms with E-state index in [2.05, 4.69) is 54.4 Å². The minimum Gasteiger partial charge on any atom is -0.494 e. The molecular weight excluding hydrogens is 560 g/mol. The van der Waals surface area contributed by atoms with Gasteiger partial charge in [-0.25, -0.2) is 9.48 Å². The van der Waals surface area contributed by atoms with Crippen molar-refractivity contribution in [1.82, 2.24) is 29.7 Å². The topological polar surface area (TPSA) is 98.3 Å². The van der Waals surface area contributed by atoms with Gasteiger partial charge in [-0.15, -0.1) is 5.10 Å². The Hall–Kier alpha value is -3.50. The predicted molar refractivity (Wildman–Crippen MR) is 149 cm³/mol. The van der Waals surface area contributed by atoms with Crippen LogP contribution in [0, 0.1) is 0 Å². The Bertz CT molecular complexity index is 1510. The molecule has 2 atom stereocenters. The number of aromatic nitrogens is 5. The first-order chi connectivity index (χ1) is 18.9. The van der Waals surface area contributed by atoms with Crippen molar-refractivity contribution in [1.29, 1.82) is 0 Å². The monoisotopic (exact) mass is 590 g/mol. The highest BCUT2D eigenvalue weighted by Crippen LogP contribution is 2.55. The Kier molecular flexibility index (Phi) is 6.99. The fourth-order valence-electron chi connectivity index (χ4n) is 5.41. The van der Waals surface area contributed by atoms with E-state index in [1.807, 2.05) is 44.4 Å². The largest absolute Gasteiger partial charge is 0.494 e. The first-order valence-corrected chi connectivity index (χ1v) is 14.1. The fourth-order valence-corrected chi connectivity index (χ4v) is 5.81. The van der Waals surface area contributed by atoms with Gasteiger partial charge in [-0.05, 0) is 62.1 Å². The molecule has 0 aliphatic heterocycles. The van der Waals surface area contributed by atoms with Gasteiger partial charge in [0.05, 0.1) is 29.9 Å². The molecule has 4 aromatic rings. The highest BCUT2D eigenvalue weighted by atomic mass is 79.9. The number of halogens is 1. The maximum Gasteiger partial charge on any atom is 0.339 e. The maximum absolute atomic E-state index is 12.1. The number of rotatable bonds is 11. The summed E-state index contributed by atoms with van der Waals surface area (Å²) in [6.07, 6.45) is 6.58. The van der Waals surface area contributed by atoms with E-state index >= 15 is 0 Å². The van der Waals surface area contributed by atoms with Crippen LogP contribution in [0.3, 0.4) is 0 Å². The van der Waals surface area contributed by atoms with Crippen LogP contribution >= 0.6 is 15.9 Å². The van der Waals surface area contributed by atoms with Gasteiger partial charge < -0.3 is 9.84 Å². The van der Waals surface area contributed by atoms with Crippen LogP contribution in [0.4, 0.5) is 0 Å². The molecule has 39 heavy (non-hydrogen) atoms. The third kappa shape index (κ3) is 5.49. The summed E-state index contributed by atoms with van der Waals surface area (Å²) in [4.78, 5) is 14.6. The molecule has 1 N–H and O–H groups in total. The summed E-state index contributed by atoms with van der Waals surface area (Å²) in [5.41, 5.74) is 5.05. The lowest BCUT2D eigenvalue weighted by molar-refractivity contribution is 0.0695. The van der Waals surface area contributed by atoms with Crippen LogP contribution in [0.25, 0.3) is 5.69 Å². The number of nitrogens with zero attached hydrogens (tertiary/aromatic N) is 6. The summed E-state index contributed by atoms with van der Waals surface area (Å²) in [6.45, 7) is 4.21. The molecule has 9 nitrogen and oxygen atoms in total. The zero-order valence-electron chi connectivity index (χ0n) is 22.0. The van der Waals surface area contributed by atoms with Crippen molar-refractivity contribution in [2.75, 3.05) is 6.61 Å². The van der Waals surface area contributed by atoms with E-state index < -0.39 is 5.97 Å². The van der Waals surface area contributed by atoms with Crippen LogP contribution in [0.15, 0.2) is 59.3 Å². The number of carbonyl (C=O) groups is 1. The number of carboxylic acids is 1. The Morgan fingerprint density at radius 1 is 1.18 bits per heavy atom. The lowest BCUT2D eigenvalue weighted by atomic mass is 10.1. The second kappa shape index (κ2) is 10.6. The van der Waals surface area contributed by atoms with E-state index in [9.17, 15) is 9.90 Å². The lowest BCUT2D eigenvalue weighted by Gasteiger charge is -2.24. The van der Waals surface area contributed by atoms with Crippen molar-refractivity contribution in [2.24, 2.45) is 7.05 Å². The molecule has 0 spiro atoms. The van der Waals surface area contributed by atoms with E-state index in [0.29, 0.717) is 12.6 Å². The molecule has 2 aliphatic rings. The summed E-state index contributed by atoms with van der Waals surface area (Å²) >= 11 is 3.61. The maximum atomic E-state index is 12.1. The van der Waals surface area contributed by atoms with Crippen molar-refractivity contribution < 1.29 is 14.6 Å². The SMILES string of the molecule is CCOc1ccc(Br)cc1CN(Cc1cccc(-n2ncc(C(=O)O)c2C2CC2c2cn(C)nn2)c1)C1CC1. The molecule has 0 bridgehead atoms. The average Bonchev–Trinajstić information content (AvgIpc) is 3.83. The van der Waals surface area contributed by atoms with Crippen LogP contribution in [-0.2, 0) is 20.1 Å². The van der Waals surface area contributed by atoms with Crippen molar-refractivity contribution in [3.8, 4) is 11.4 Å². The van der Waals surface area contributed by atoms with Crippen molar-refractivity contribution in [2.45, 2.75) is 57.2 Å². The molecular formula is C29H31BrN6O3. The van der Waals surface area contributed by atoms with Gasteiger partial charge in [0.25, 0.3) is 0 Å². The first-order valence-electron chi connectivity index (χ1n) is 13.3. The minimum absolute atomic E-state index is 0.0374. The van der Waals surface area contributed by atoms with Crippen LogP contribution in [0.1, 0.15) is 70.9 Å². The van der Waals surface area contributed by atoms with Gasteiger partial charge in [0.15, 0.2) is 0 Å². The van der Waals surface area contributed by atoms with Gasteiger partial charge in [0.2, 0.25) is 0 Å². The van der Waals surface area contributed by atoms with Crippen LogP contribution in [0.5, 0.6) is 5.75 Å². The molecule has 0 saturated heterocycles. The number of hydrogen-bond acceptors (Lipinski definition) is 6. The molecule has 6 rings (SSSR count). The Balaban J connectivity index is 1.27. The number of benzene rings is 2. The van der Waals surface area contributed by atoms with E-state index in [4.69, 9.17) is 4.74 Å². The molecule has 2 fully saturated rings. The van der Waals surface area contributed by atoms with Crippen LogP contribution in [-0.4, -0.2) is 53.4 Å². The average molecular weight is 592 g/mol. The summed E-state index contributed by atoms with van der Waals surface area (Å²) < 4.78 is 10.4. The number of carboxylic acid groups (broad SMARTS) is 1. The smallest absolute Gasteiger partial charge is 0.339 e. The number of aromatic carboxylic acids is 1. The Morgan fingerprint density at radius 3 is 2.74 bits per heavy atom. The van der Waals surface area contributed by atoms with Crippen LogP contribution in [0.2, 0.25) is 0 Å². The third-order valence-electron chi connectivity index (χ3n) is 7.48. The van der Waals surface area contributed by atoms with E-state index in [1.54, 1.807) is 9.36 Å². The minimum atomic E-state index is -0.962. The van der Waals surface area contributed by atoms with Gasteiger partial charge in [-0.2, -0.15) is 5.10 Å². The molecule has 202 valence electrons. The summed E-state index contributed by atoms with van der Waals surface area (Å²) in [6, 6.07) is 15.0. The zero-order chi connectivity index (χ0) is 27.1. The molecule has 0 amide bonds. The molecule has 2 unspecified atom stereocenters. The number of hydrogen-bond donors (Lipinski definition) is 1. The molecule has 2 heterocycles. The molecule has 2 aromatic heterocycles. The van der Waals surface area contributed by atoms with Gasteiger partial charge in [0, 0.05) is 54.2 Å². The quantitative estimate of drug-likeness (QED) is 0.253. The van der Waals surface area contributed by atoms with E-state index in [-0.39, 0.29) is 17.4 Å². The van der Waals surface area contributed by atoms with Gasteiger partial charge in [-0.1, -0.05) is 33.3 Å². The number of aryl methyl sites for hydroxylation is 1. The van der Waals surface area contributed by atoms with Gasteiger partial charge >= 0.3 is 5.97 Å². The molecule has 10 heteroatoms. The predicted octanol–water partition coefficient (Wildman–Crippen LogP) is 5.30. The van der Waals surface area contributed by atoms with Gasteiger partial charge in [-0.3, -0.25) is 9.58 Å². The Morgan fingerprint density at radius 2 is 2.03 bits per heavy atom. The summed E-state index contributed by atoms with van der Waals surface area (Å²) in [7, 11) is 1.84. The highest BCUT2D eigenvalue weighted by molar-refractivity contribution is 9.10. The van der Waals surface area contributed by atoms with E-state index in [0.717, 1.165) is 52.4 Å². The normalized spacial score (nSPS) is 18.5. The second-order valence-corrected chi connectivity index (χ2v) is 11.3. The van der Waals surface area contributed by atoms with E-state index in [1.165, 1.54) is 24.6 Å². The lowest BCUT2D eigenvalue weighted by Crippen LogP contribution is -2.25. The second-order valence-electron chi connectivity index (χ2n) is 10.4. The van der Waals surface area contributed by atoms with Crippen molar-refractivity contribution >= 4 is 21.9 Å². The Labute approximate surface area is 235 Å². The first kappa shape index (κ1) is 25.8. The van der Waals surface area contributed by atoms with Crippen LogP contribution < -0.4 is 4.74 Å². The van der Waals surface area contributed by atoms with Crippen molar-refractivity contribution in [3.05, 3.63) is 87.4 Å². The molecule has 2 saturated carbocycles. The van der Waals surface area contributed by atoms with Gasteiger partial charge in [0.1, 0.15) is 11.3 Å².